The second kappa shape index (κ2) is 8.75. The number of Topliss-reactive ketones (excluding diaryl/α,β-unsaturated/α-hetero) is 1. The van der Waals surface area contributed by atoms with Gasteiger partial charge < -0.3 is 9.47 Å². The molecule has 6 nitrogen and oxygen atoms in total. The zero-order chi connectivity index (χ0) is 21.2. The van der Waals surface area contributed by atoms with Crippen molar-refractivity contribution in [2.75, 3.05) is 19.0 Å². The Morgan fingerprint density at radius 1 is 1.03 bits per heavy atom. The third-order valence-electron chi connectivity index (χ3n) is 5.91. The summed E-state index contributed by atoms with van der Waals surface area (Å²) in [6.45, 7) is 0.997. The van der Waals surface area contributed by atoms with Gasteiger partial charge in [-0.2, -0.15) is 0 Å². The highest BCUT2D eigenvalue weighted by Gasteiger charge is 2.23. The maximum absolute atomic E-state index is 13.3. The SMILES string of the molecule is O=C(CSc1nc2ccccc2c(=O)n1C1CCCCC1)c1ccc2c(c1)OCCO2. The minimum atomic E-state index is -0.0282. The fraction of sp³-hybridized carbons (Fsp3) is 0.375. The van der Waals surface area contributed by atoms with E-state index in [1.807, 2.05) is 28.8 Å². The van der Waals surface area contributed by atoms with E-state index in [1.54, 1.807) is 18.2 Å². The fourth-order valence-corrected chi connectivity index (χ4v) is 5.28. The molecule has 2 aliphatic rings. The molecule has 2 aromatic carbocycles. The molecule has 3 aromatic rings. The Kier molecular flexibility index (Phi) is 5.68. The highest BCUT2D eigenvalue weighted by molar-refractivity contribution is 7.99. The molecule has 1 aromatic heterocycles. The zero-order valence-corrected chi connectivity index (χ0v) is 18.0. The summed E-state index contributed by atoms with van der Waals surface area (Å²) < 4.78 is 13.0. The second-order valence-corrected chi connectivity index (χ2v) is 8.89. The number of carbonyl (C=O) groups is 1. The second-order valence-electron chi connectivity index (χ2n) is 7.95. The van der Waals surface area contributed by atoms with Crippen LogP contribution in [0.3, 0.4) is 0 Å². The summed E-state index contributed by atoms with van der Waals surface area (Å²) in [4.78, 5) is 31.0. The molecule has 0 N–H and O–H groups in total. The molecule has 0 saturated heterocycles. The predicted molar refractivity (Wildman–Crippen MR) is 121 cm³/mol. The van der Waals surface area contributed by atoms with Crippen LogP contribution in [0.15, 0.2) is 52.4 Å². The lowest BCUT2D eigenvalue weighted by molar-refractivity contribution is 0.102. The number of hydrogen-bond acceptors (Lipinski definition) is 6. The molecule has 31 heavy (non-hydrogen) atoms. The Hall–Kier alpha value is -2.80. The van der Waals surface area contributed by atoms with Gasteiger partial charge in [0.25, 0.3) is 5.56 Å². The third kappa shape index (κ3) is 4.06. The minimum absolute atomic E-state index is 0.00761. The maximum atomic E-state index is 13.3. The zero-order valence-electron chi connectivity index (χ0n) is 17.2. The molecular weight excluding hydrogens is 412 g/mol. The van der Waals surface area contributed by atoms with E-state index in [-0.39, 0.29) is 23.1 Å². The summed E-state index contributed by atoms with van der Waals surface area (Å²) in [5.41, 5.74) is 1.24. The number of ether oxygens (including phenoxy) is 2. The van der Waals surface area contributed by atoms with Crippen LogP contribution in [0.2, 0.25) is 0 Å². The van der Waals surface area contributed by atoms with E-state index in [2.05, 4.69) is 0 Å². The molecule has 160 valence electrons. The predicted octanol–water partition coefficient (Wildman–Crippen LogP) is 4.65. The van der Waals surface area contributed by atoms with Crippen LogP contribution in [0.25, 0.3) is 10.9 Å². The molecule has 1 saturated carbocycles. The van der Waals surface area contributed by atoms with Crippen LogP contribution in [0.5, 0.6) is 11.5 Å². The topological polar surface area (TPSA) is 70.4 Å². The van der Waals surface area contributed by atoms with Crippen molar-refractivity contribution in [3.05, 3.63) is 58.4 Å². The molecule has 1 aliphatic carbocycles. The number of para-hydroxylation sites is 1. The van der Waals surface area contributed by atoms with Crippen LogP contribution in [-0.2, 0) is 0 Å². The molecular formula is C24H24N2O4S. The lowest BCUT2D eigenvalue weighted by atomic mass is 9.95. The van der Waals surface area contributed by atoms with Gasteiger partial charge in [-0.3, -0.25) is 14.2 Å². The first-order valence-corrected chi connectivity index (χ1v) is 11.8. The number of carbonyl (C=O) groups excluding carboxylic acids is 1. The van der Waals surface area contributed by atoms with Crippen LogP contribution in [0, 0.1) is 0 Å². The molecule has 2 heterocycles. The van der Waals surface area contributed by atoms with Crippen molar-refractivity contribution in [2.45, 2.75) is 43.3 Å². The van der Waals surface area contributed by atoms with E-state index in [0.717, 1.165) is 25.7 Å². The summed E-state index contributed by atoms with van der Waals surface area (Å²) in [6, 6.07) is 12.9. The number of aromatic nitrogens is 2. The van der Waals surface area contributed by atoms with Crippen LogP contribution in [-0.4, -0.2) is 34.3 Å². The lowest BCUT2D eigenvalue weighted by Gasteiger charge is -2.26. The van der Waals surface area contributed by atoms with Gasteiger partial charge in [-0.05, 0) is 43.2 Å². The van der Waals surface area contributed by atoms with E-state index in [1.165, 1.54) is 18.2 Å². The quantitative estimate of drug-likeness (QED) is 0.329. The molecule has 0 radical (unpaired) electrons. The van der Waals surface area contributed by atoms with Gasteiger partial charge >= 0.3 is 0 Å². The van der Waals surface area contributed by atoms with E-state index in [0.29, 0.717) is 46.3 Å². The van der Waals surface area contributed by atoms with Gasteiger partial charge in [0.1, 0.15) is 13.2 Å². The summed E-state index contributed by atoms with van der Waals surface area (Å²) in [5.74, 6) is 1.44. The lowest BCUT2D eigenvalue weighted by Crippen LogP contribution is -2.29. The summed E-state index contributed by atoms with van der Waals surface area (Å²) >= 11 is 1.34. The minimum Gasteiger partial charge on any atom is -0.486 e. The Bertz CT molecular complexity index is 1180. The molecule has 0 amide bonds. The fourth-order valence-electron chi connectivity index (χ4n) is 4.32. The van der Waals surface area contributed by atoms with Gasteiger partial charge in [0.2, 0.25) is 0 Å². The summed E-state index contributed by atoms with van der Waals surface area (Å²) in [6.07, 6.45) is 5.39. The average Bonchev–Trinajstić information content (AvgIpc) is 2.83. The Balaban J connectivity index is 1.44. The Labute approximate surface area is 184 Å². The van der Waals surface area contributed by atoms with Crippen molar-refractivity contribution in [3.8, 4) is 11.5 Å². The van der Waals surface area contributed by atoms with E-state index in [4.69, 9.17) is 14.5 Å². The van der Waals surface area contributed by atoms with Crippen LogP contribution < -0.4 is 15.0 Å². The maximum Gasteiger partial charge on any atom is 0.262 e. The molecule has 1 aliphatic heterocycles. The summed E-state index contributed by atoms with van der Waals surface area (Å²) in [7, 11) is 0. The number of hydrogen-bond donors (Lipinski definition) is 0. The van der Waals surface area contributed by atoms with Gasteiger partial charge in [0.15, 0.2) is 22.4 Å². The van der Waals surface area contributed by atoms with Gasteiger partial charge in [0, 0.05) is 11.6 Å². The Morgan fingerprint density at radius 3 is 2.65 bits per heavy atom. The van der Waals surface area contributed by atoms with E-state index >= 15 is 0 Å². The van der Waals surface area contributed by atoms with Crippen molar-refractivity contribution >= 4 is 28.4 Å². The number of thioether (sulfide) groups is 1. The van der Waals surface area contributed by atoms with Gasteiger partial charge in [-0.15, -0.1) is 0 Å². The molecule has 7 heteroatoms. The van der Waals surface area contributed by atoms with Gasteiger partial charge in [0.05, 0.1) is 16.7 Å². The van der Waals surface area contributed by atoms with Crippen molar-refractivity contribution < 1.29 is 14.3 Å². The first-order chi connectivity index (χ1) is 15.2. The monoisotopic (exact) mass is 436 g/mol. The van der Waals surface area contributed by atoms with Crippen molar-refractivity contribution in [1.82, 2.24) is 9.55 Å². The number of benzene rings is 2. The van der Waals surface area contributed by atoms with Crippen LogP contribution in [0.1, 0.15) is 48.5 Å². The Morgan fingerprint density at radius 2 is 1.81 bits per heavy atom. The van der Waals surface area contributed by atoms with Gasteiger partial charge in [-0.1, -0.05) is 43.2 Å². The van der Waals surface area contributed by atoms with Crippen LogP contribution >= 0.6 is 11.8 Å². The number of nitrogens with zero attached hydrogens (tertiary/aromatic N) is 2. The largest absolute Gasteiger partial charge is 0.486 e. The first kappa shape index (κ1) is 20.1. The smallest absolute Gasteiger partial charge is 0.262 e. The van der Waals surface area contributed by atoms with Crippen molar-refractivity contribution in [3.63, 3.8) is 0 Å². The van der Waals surface area contributed by atoms with Crippen LogP contribution in [0.4, 0.5) is 0 Å². The molecule has 0 unspecified atom stereocenters. The molecule has 0 atom stereocenters. The molecule has 0 spiro atoms. The highest BCUT2D eigenvalue weighted by Crippen LogP contribution is 2.33. The summed E-state index contributed by atoms with van der Waals surface area (Å²) in [5, 5.41) is 1.26. The normalized spacial score (nSPS) is 16.4. The number of ketones is 1. The highest BCUT2D eigenvalue weighted by atomic mass is 32.2. The van der Waals surface area contributed by atoms with E-state index in [9.17, 15) is 9.59 Å². The first-order valence-electron chi connectivity index (χ1n) is 10.8. The molecule has 1 fully saturated rings. The average molecular weight is 437 g/mol. The van der Waals surface area contributed by atoms with Crippen molar-refractivity contribution in [2.24, 2.45) is 0 Å². The van der Waals surface area contributed by atoms with Crippen molar-refractivity contribution in [1.29, 1.82) is 0 Å². The number of rotatable bonds is 5. The molecule has 0 bridgehead atoms. The standard InChI is InChI=1S/C24H24N2O4S/c27-20(16-10-11-21-22(14-16)30-13-12-29-21)15-31-24-25-19-9-5-4-8-18(19)23(28)26(24)17-6-2-1-3-7-17/h4-5,8-11,14,17H,1-3,6-7,12-13,15H2. The third-order valence-corrected chi connectivity index (χ3v) is 6.86. The molecule has 5 rings (SSSR count). The number of fused-ring (bicyclic) bond motifs is 2. The van der Waals surface area contributed by atoms with E-state index < -0.39 is 0 Å². The van der Waals surface area contributed by atoms with Gasteiger partial charge in [-0.25, -0.2) is 4.98 Å².